The number of hydrogen-bond donors (Lipinski definition) is 3. The van der Waals surface area contributed by atoms with Crippen LogP contribution in [0.15, 0.2) is 24.3 Å². The molecule has 1 fully saturated rings. The van der Waals surface area contributed by atoms with E-state index in [1.165, 1.54) is 24.3 Å². The molecule has 3 N–H and O–H groups in total. The molecule has 0 aromatic heterocycles. The van der Waals surface area contributed by atoms with Gasteiger partial charge in [0.15, 0.2) is 0 Å². The Balaban J connectivity index is 1.86. The van der Waals surface area contributed by atoms with Gasteiger partial charge in [-0.05, 0) is 37.5 Å². The molecule has 0 radical (unpaired) electrons. The fraction of sp³-hybridized carbons (Fsp3) is 0.588. The van der Waals surface area contributed by atoms with Gasteiger partial charge in [-0.2, -0.15) is 0 Å². The standard InChI is InChI=1S/C17H25FN2O3/c1-17(22,12-7-9-13(18)10-8-12)11-19-16(21)20-14-5-3-4-6-15(14)23-2/h7-10,14-15,22H,3-6,11H2,1-2H3,(H2,19,20,21)/t14-,15-,17-/m1/s1. The Morgan fingerprint density at radius 1 is 1.35 bits per heavy atom. The van der Waals surface area contributed by atoms with Crippen LogP contribution < -0.4 is 10.6 Å². The second-order valence-corrected chi connectivity index (χ2v) is 6.27. The number of ether oxygens (including phenoxy) is 1. The molecule has 2 amide bonds. The van der Waals surface area contributed by atoms with Crippen LogP contribution in [0.3, 0.4) is 0 Å². The molecule has 5 nitrogen and oxygen atoms in total. The molecule has 0 spiro atoms. The maximum Gasteiger partial charge on any atom is 0.315 e. The maximum absolute atomic E-state index is 12.9. The maximum atomic E-state index is 12.9. The zero-order valence-corrected chi connectivity index (χ0v) is 13.6. The molecular weight excluding hydrogens is 299 g/mol. The van der Waals surface area contributed by atoms with E-state index >= 15 is 0 Å². The van der Waals surface area contributed by atoms with Crippen LogP contribution in [0, 0.1) is 5.82 Å². The van der Waals surface area contributed by atoms with Crippen molar-refractivity contribution in [3.05, 3.63) is 35.6 Å². The van der Waals surface area contributed by atoms with Gasteiger partial charge in [-0.25, -0.2) is 9.18 Å². The van der Waals surface area contributed by atoms with Crippen molar-refractivity contribution < 1.29 is 19.0 Å². The average Bonchev–Trinajstić information content (AvgIpc) is 2.54. The summed E-state index contributed by atoms with van der Waals surface area (Å²) in [6.45, 7) is 1.62. The molecule has 3 atom stereocenters. The largest absolute Gasteiger partial charge is 0.384 e. The Bertz CT molecular complexity index is 519. The van der Waals surface area contributed by atoms with E-state index in [1.807, 2.05) is 0 Å². The third-order valence-corrected chi connectivity index (χ3v) is 4.38. The third kappa shape index (κ3) is 4.91. The van der Waals surface area contributed by atoms with E-state index < -0.39 is 5.60 Å². The molecular formula is C17H25FN2O3. The molecule has 0 saturated heterocycles. The molecule has 1 aromatic rings. The lowest BCUT2D eigenvalue weighted by Gasteiger charge is -2.31. The van der Waals surface area contributed by atoms with Crippen molar-refractivity contribution in [3.8, 4) is 0 Å². The van der Waals surface area contributed by atoms with Crippen molar-refractivity contribution in [2.75, 3.05) is 13.7 Å². The first kappa shape index (κ1) is 17.7. The highest BCUT2D eigenvalue weighted by molar-refractivity contribution is 5.74. The average molecular weight is 324 g/mol. The number of methoxy groups -OCH3 is 1. The number of aliphatic hydroxyl groups is 1. The lowest BCUT2D eigenvalue weighted by Crippen LogP contribution is -2.51. The summed E-state index contributed by atoms with van der Waals surface area (Å²) in [5, 5.41) is 16.0. The fourth-order valence-electron chi connectivity index (χ4n) is 2.93. The normalized spacial score (nSPS) is 23.8. The number of hydrogen-bond acceptors (Lipinski definition) is 3. The molecule has 0 aliphatic heterocycles. The van der Waals surface area contributed by atoms with Gasteiger partial charge >= 0.3 is 6.03 Å². The molecule has 0 heterocycles. The Morgan fingerprint density at radius 3 is 2.65 bits per heavy atom. The van der Waals surface area contributed by atoms with Crippen LogP contribution in [0.5, 0.6) is 0 Å². The number of halogens is 1. The molecule has 1 aliphatic rings. The summed E-state index contributed by atoms with van der Waals surface area (Å²) in [7, 11) is 1.65. The lowest BCUT2D eigenvalue weighted by atomic mass is 9.92. The van der Waals surface area contributed by atoms with Crippen molar-refractivity contribution in [1.29, 1.82) is 0 Å². The number of amides is 2. The summed E-state index contributed by atoms with van der Waals surface area (Å²) < 4.78 is 18.3. The van der Waals surface area contributed by atoms with Crippen LogP contribution in [-0.4, -0.2) is 36.9 Å². The van der Waals surface area contributed by atoms with Crippen LogP contribution in [0.4, 0.5) is 9.18 Å². The predicted octanol–water partition coefficient (Wildman–Crippen LogP) is 2.29. The van der Waals surface area contributed by atoms with Gasteiger partial charge in [0.25, 0.3) is 0 Å². The molecule has 0 bridgehead atoms. The van der Waals surface area contributed by atoms with Gasteiger partial charge in [0.2, 0.25) is 0 Å². The Morgan fingerprint density at radius 2 is 2.00 bits per heavy atom. The minimum absolute atomic E-state index is 0.00970. The van der Waals surface area contributed by atoms with E-state index in [4.69, 9.17) is 4.74 Å². The van der Waals surface area contributed by atoms with E-state index in [9.17, 15) is 14.3 Å². The quantitative estimate of drug-likeness (QED) is 0.778. The van der Waals surface area contributed by atoms with Gasteiger partial charge < -0.3 is 20.5 Å². The van der Waals surface area contributed by atoms with E-state index in [0.29, 0.717) is 5.56 Å². The third-order valence-electron chi connectivity index (χ3n) is 4.38. The Hall–Kier alpha value is -1.66. The van der Waals surface area contributed by atoms with Crippen molar-refractivity contribution in [2.45, 2.75) is 50.4 Å². The van der Waals surface area contributed by atoms with E-state index in [2.05, 4.69) is 10.6 Å². The topological polar surface area (TPSA) is 70.6 Å². The highest BCUT2D eigenvalue weighted by Crippen LogP contribution is 2.21. The first-order chi connectivity index (χ1) is 10.9. The number of carbonyl (C=O) groups is 1. The molecule has 6 heteroatoms. The predicted molar refractivity (Wildman–Crippen MR) is 85.6 cm³/mol. The van der Waals surface area contributed by atoms with Crippen molar-refractivity contribution in [1.82, 2.24) is 10.6 Å². The molecule has 1 saturated carbocycles. The molecule has 1 aromatic carbocycles. The summed E-state index contributed by atoms with van der Waals surface area (Å²) >= 11 is 0. The molecule has 128 valence electrons. The van der Waals surface area contributed by atoms with E-state index in [1.54, 1.807) is 14.0 Å². The highest BCUT2D eigenvalue weighted by Gasteiger charge is 2.28. The zero-order valence-electron chi connectivity index (χ0n) is 13.6. The minimum atomic E-state index is -1.27. The summed E-state index contributed by atoms with van der Waals surface area (Å²) in [5.41, 5.74) is -0.718. The minimum Gasteiger partial charge on any atom is -0.384 e. The SMILES string of the molecule is CO[C@@H]1CCCC[C@H]1NC(=O)NC[C@@](C)(O)c1ccc(F)cc1. The second kappa shape index (κ2) is 7.75. The number of nitrogens with one attached hydrogen (secondary N) is 2. The number of carbonyl (C=O) groups excluding carboxylic acids is 1. The van der Waals surface area contributed by atoms with Gasteiger partial charge in [0, 0.05) is 7.11 Å². The van der Waals surface area contributed by atoms with Crippen LogP contribution >= 0.6 is 0 Å². The van der Waals surface area contributed by atoms with Crippen LogP contribution in [0.2, 0.25) is 0 Å². The number of rotatable bonds is 5. The first-order valence-corrected chi connectivity index (χ1v) is 7.98. The number of urea groups is 1. The summed E-state index contributed by atoms with van der Waals surface area (Å²) in [4.78, 5) is 12.1. The van der Waals surface area contributed by atoms with Gasteiger partial charge in [0.1, 0.15) is 11.4 Å². The van der Waals surface area contributed by atoms with E-state index in [-0.39, 0.29) is 30.5 Å². The molecule has 0 unspecified atom stereocenters. The first-order valence-electron chi connectivity index (χ1n) is 7.98. The molecule has 23 heavy (non-hydrogen) atoms. The van der Waals surface area contributed by atoms with Crippen molar-refractivity contribution in [2.24, 2.45) is 0 Å². The van der Waals surface area contributed by atoms with Crippen molar-refractivity contribution in [3.63, 3.8) is 0 Å². The zero-order chi connectivity index (χ0) is 16.9. The second-order valence-electron chi connectivity index (χ2n) is 6.27. The van der Waals surface area contributed by atoms with Gasteiger partial charge in [-0.1, -0.05) is 25.0 Å². The summed E-state index contributed by atoms with van der Waals surface area (Å²) in [6.07, 6.45) is 4.04. The van der Waals surface area contributed by atoms with Gasteiger partial charge in [-0.15, -0.1) is 0 Å². The lowest BCUT2D eigenvalue weighted by molar-refractivity contribution is 0.0428. The van der Waals surface area contributed by atoms with Gasteiger partial charge in [0.05, 0.1) is 18.7 Å². The molecule has 2 rings (SSSR count). The Kier molecular flexibility index (Phi) is 5.96. The van der Waals surface area contributed by atoms with Crippen molar-refractivity contribution >= 4 is 6.03 Å². The smallest absolute Gasteiger partial charge is 0.315 e. The van der Waals surface area contributed by atoms with Crippen LogP contribution in [0.25, 0.3) is 0 Å². The number of benzene rings is 1. The van der Waals surface area contributed by atoms with Gasteiger partial charge in [-0.3, -0.25) is 0 Å². The monoisotopic (exact) mass is 324 g/mol. The van der Waals surface area contributed by atoms with Crippen LogP contribution in [-0.2, 0) is 10.3 Å². The Labute approximate surface area is 136 Å². The fourth-order valence-corrected chi connectivity index (χ4v) is 2.93. The van der Waals surface area contributed by atoms with E-state index in [0.717, 1.165) is 25.7 Å². The summed E-state index contributed by atoms with van der Waals surface area (Å²) in [5.74, 6) is -0.363. The van der Waals surface area contributed by atoms with Crippen LogP contribution in [0.1, 0.15) is 38.2 Å². The molecule has 1 aliphatic carbocycles. The highest BCUT2D eigenvalue weighted by atomic mass is 19.1. The summed E-state index contributed by atoms with van der Waals surface area (Å²) in [6, 6.07) is 5.25.